The van der Waals surface area contributed by atoms with Crippen LogP contribution < -0.4 is 0 Å². The summed E-state index contributed by atoms with van der Waals surface area (Å²) in [7, 11) is 0. The first-order chi connectivity index (χ1) is 9.63. The van der Waals surface area contributed by atoms with E-state index in [4.69, 9.17) is 0 Å². The van der Waals surface area contributed by atoms with Gasteiger partial charge in [-0.3, -0.25) is 0 Å². The van der Waals surface area contributed by atoms with E-state index in [0.717, 1.165) is 19.3 Å². The Labute approximate surface area is 120 Å². The Morgan fingerprint density at radius 1 is 0.800 bits per heavy atom. The monoisotopic (exact) mass is 270 g/mol. The molecule has 0 aliphatic heterocycles. The summed E-state index contributed by atoms with van der Waals surface area (Å²) in [6.45, 7) is 2.27. The molecule has 2 rings (SSSR count). The lowest BCUT2D eigenvalue weighted by molar-refractivity contribution is 0.473. The van der Waals surface area contributed by atoms with Gasteiger partial charge < -0.3 is 10.2 Å². The highest BCUT2D eigenvalue weighted by Crippen LogP contribution is 2.18. The van der Waals surface area contributed by atoms with Crippen molar-refractivity contribution in [3.63, 3.8) is 0 Å². The summed E-state index contributed by atoms with van der Waals surface area (Å²) >= 11 is 0. The van der Waals surface area contributed by atoms with E-state index in [2.05, 4.69) is 6.92 Å². The van der Waals surface area contributed by atoms with Crippen molar-refractivity contribution in [2.45, 2.75) is 32.6 Å². The standard InChI is InChI=1S/C18H22O2/c1-14(13-16-7-11-18(20)12-8-16)3-2-4-15-5-9-17(19)10-6-15/h5-12,14,19-20H,2-4,13H2,1H3. The van der Waals surface area contributed by atoms with E-state index in [-0.39, 0.29) is 0 Å². The van der Waals surface area contributed by atoms with Crippen molar-refractivity contribution in [2.75, 3.05) is 0 Å². The summed E-state index contributed by atoms with van der Waals surface area (Å²) < 4.78 is 0. The van der Waals surface area contributed by atoms with Crippen LogP contribution in [0.4, 0.5) is 0 Å². The van der Waals surface area contributed by atoms with E-state index in [1.165, 1.54) is 17.5 Å². The minimum atomic E-state index is 0.328. The molecule has 2 nitrogen and oxygen atoms in total. The summed E-state index contributed by atoms with van der Waals surface area (Å²) in [5.41, 5.74) is 2.56. The van der Waals surface area contributed by atoms with Crippen molar-refractivity contribution in [1.82, 2.24) is 0 Å². The molecule has 20 heavy (non-hydrogen) atoms. The minimum Gasteiger partial charge on any atom is -0.508 e. The predicted octanol–water partition coefficient (Wildman–Crippen LogP) is 4.30. The van der Waals surface area contributed by atoms with Gasteiger partial charge in [-0.05, 0) is 60.6 Å². The molecule has 0 fully saturated rings. The Kier molecular flexibility index (Phi) is 5.05. The SMILES string of the molecule is CC(CCCc1ccc(O)cc1)Cc1ccc(O)cc1. The first-order valence-electron chi connectivity index (χ1n) is 7.19. The first kappa shape index (κ1) is 14.4. The molecule has 2 N–H and O–H groups in total. The first-order valence-corrected chi connectivity index (χ1v) is 7.19. The molecular formula is C18H22O2. The Hall–Kier alpha value is -1.96. The van der Waals surface area contributed by atoms with Crippen LogP contribution in [0, 0.1) is 5.92 Å². The van der Waals surface area contributed by atoms with Crippen molar-refractivity contribution in [3.05, 3.63) is 59.7 Å². The number of benzene rings is 2. The van der Waals surface area contributed by atoms with Crippen molar-refractivity contribution >= 4 is 0 Å². The fourth-order valence-corrected chi connectivity index (χ4v) is 2.45. The quantitative estimate of drug-likeness (QED) is 0.821. The maximum Gasteiger partial charge on any atom is 0.115 e. The van der Waals surface area contributed by atoms with E-state index >= 15 is 0 Å². The highest BCUT2D eigenvalue weighted by atomic mass is 16.3. The van der Waals surface area contributed by atoms with E-state index in [1.807, 2.05) is 24.3 Å². The highest BCUT2D eigenvalue weighted by Gasteiger charge is 2.04. The lowest BCUT2D eigenvalue weighted by Gasteiger charge is -2.11. The third-order valence-electron chi connectivity index (χ3n) is 3.62. The molecule has 1 unspecified atom stereocenters. The fourth-order valence-electron chi connectivity index (χ4n) is 2.45. The molecule has 0 saturated carbocycles. The Bertz CT molecular complexity index is 514. The average Bonchev–Trinajstić information content (AvgIpc) is 2.44. The van der Waals surface area contributed by atoms with Gasteiger partial charge in [0.05, 0.1) is 0 Å². The van der Waals surface area contributed by atoms with Gasteiger partial charge >= 0.3 is 0 Å². The van der Waals surface area contributed by atoms with E-state index in [1.54, 1.807) is 24.3 Å². The van der Waals surface area contributed by atoms with Gasteiger partial charge in [0.2, 0.25) is 0 Å². The number of rotatable bonds is 6. The molecule has 2 aromatic carbocycles. The molecule has 0 bridgehead atoms. The van der Waals surface area contributed by atoms with Crippen LogP contribution in [-0.2, 0) is 12.8 Å². The summed E-state index contributed by atoms with van der Waals surface area (Å²) in [6.07, 6.45) is 4.45. The molecule has 2 aromatic rings. The van der Waals surface area contributed by atoms with Crippen LogP contribution in [0.25, 0.3) is 0 Å². The van der Waals surface area contributed by atoms with Crippen LogP contribution in [0.5, 0.6) is 11.5 Å². The maximum atomic E-state index is 9.26. The average molecular weight is 270 g/mol. The van der Waals surface area contributed by atoms with Crippen LogP contribution in [0.3, 0.4) is 0 Å². The smallest absolute Gasteiger partial charge is 0.115 e. The van der Waals surface area contributed by atoms with Crippen LogP contribution in [-0.4, -0.2) is 10.2 Å². The summed E-state index contributed by atoms with van der Waals surface area (Å²) in [4.78, 5) is 0. The number of hydrogen-bond donors (Lipinski definition) is 2. The van der Waals surface area contributed by atoms with E-state index in [0.29, 0.717) is 17.4 Å². The van der Waals surface area contributed by atoms with Crippen molar-refractivity contribution in [3.8, 4) is 11.5 Å². The molecular weight excluding hydrogens is 248 g/mol. The summed E-state index contributed by atoms with van der Waals surface area (Å²) in [6, 6.07) is 14.9. The second-order valence-electron chi connectivity index (χ2n) is 5.53. The van der Waals surface area contributed by atoms with Crippen LogP contribution in [0.15, 0.2) is 48.5 Å². The molecule has 106 valence electrons. The summed E-state index contributed by atoms with van der Waals surface area (Å²) in [5.74, 6) is 1.29. The van der Waals surface area contributed by atoms with Crippen molar-refractivity contribution < 1.29 is 10.2 Å². The van der Waals surface area contributed by atoms with Crippen LogP contribution in [0.1, 0.15) is 30.9 Å². The van der Waals surface area contributed by atoms with Gasteiger partial charge in [0, 0.05) is 0 Å². The lowest BCUT2D eigenvalue weighted by Crippen LogP contribution is -2.00. The number of phenolic OH excluding ortho intramolecular Hbond substituents is 2. The second-order valence-corrected chi connectivity index (χ2v) is 5.53. The van der Waals surface area contributed by atoms with E-state index in [9.17, 15) is 10.2 Å². The molecule has 0 spiro atoms. The molecule has 0 aromatic heterocycles. The maximum absolute atomic E-state index is 9.26. The van der Waals surface area contributed by atoms with Gasteiger partial charge in [0.15, 0.2) is 0 Å². The predicted molar refractivity (Wildman–Crippen MR) is 82.0 cm³/mol. The minimum absolute atomic E-state index is 0.328. The van der Waals surface area contributed by atoms with Gasteiger partial charge in [-0.2, -0.15) is 0 Å². The third kappa shape index (κ3) is 4.61. The van der Waals surface area contributed by atoms with E-state index < -0.39 is 0 Å². The van der Waals surface area contributed by atoms with Gasteiger partial charge in [-0.25, -0.2) is 0 Å². The van der Waals surface area contributed by atoms with Gasteiger partial charge in [-0.1, -0.05) is 37.6 Å². The Morgan fingerprint density at radius 2 is 1.30 bits per heavy atom. The topological polar surface area (TPSA) is 40.5 Å². The molecule has 1 atom stereocenters. The van der Waals surface area contributed by atoms with Gasteiger partial charge in [0.1, 0.15) is 11.5 Å². The number of hydrogen-bond acceptors (Lipinski definition) is 2. The van der Waals surface area contributed by atoms with Gasteiger partial charge in [-0.15, -0.1) is 0 Å². The largest absolute Gasteiger partial charge is 0.508 e. The van der Waals surface area contributed by atoms with Crippen LogP contribution in [0.2, 0.25) is 0 Å². The fraction of sp³-hybridized carbons (Fsp3) is 0.333. The highest BCUT2D eigenvalue weighted by molar-refractivity contribution is 5.26. The Morgan fingerprint density at radius 3 is 1.85 bits per heavy atom. The number of phenols is 2. The summed E-state index contributed by atoms with van der Waals surface area (Å²) in [5, 5.41) is 18.5. The molecule has 0 saturated heterocycles. The third-order valence-corrected chi connectivity index (χ3v) is 3.62. The molecule has 0 heterocycles. The number of aromatic hydroxyl groups is 2. The van der Waals surface area contributed by atoms with Crippen molar-refractivity contribution in [2.24, 2.45) is 5.92 Å². The van der Waals surface area contributed by atoms with Crippen LogP contribution >= 0.6 is 0 Å². The van der Waals surface area contributed by atoms with Crippen molar-refractivity contribution in [1.29, 1.82) is 0 Å². The zero-order valence-corrected chi connectivity index (χ0v) is 11.9. The Balaban J connectivity index is 1.73. The molecule has 0 aliphatic rings. The zero-order valence-electron chi connectivity index (χ0n) is 11.9. The zero-order chi connectivity index (χ0) is 14.4. The number of aryl methyl sites for hydroxylation is 1. The normalized spacial score (nSPS) is 12.2. The molecule has 0 amide bonds. The lowest BCUT2D eigenvalue weighted by atomic mass is 9.95. The van der Waals surface area contributed by atoms with Gasteiger partial charge in [0.25, 0.3) is 0 Å². The second kappa shape index (κ2) is 6.99. The molecule has 0 radical (unpaired) electrons. The molecule has 2 heteroatoms. The molecule has 0 aliphatic carbocycles.